The van der Waals surface area contributed by atoms with Crippen LogP contribution in [0.15, 0.2) is 24.3 Å². The van der Waals surface area contributed by atoms with Gasteiger partial charge in [-0.2, -0.15) is 8.42 Å². The number of likely N-dealkylation sites (tertiary alicyclic amines) is 1. The van der Waals surface area contributed by atoms with Gasteiger partial charge in [-0.05, 0) is 73.5 Å². The molecule has 3 fully saturated rings. The Morgan fingerprint density at radius 2 is 1.89 bits per heavy atom. The molecule has 1 aliphatic carbocycles. The number of hydrogen-bond donors (Lipinski definition) is 6. The monoisotopic (exact) mass is 659 g/mol. The van der Waals surface area contributed by atoms with Crippen molar-refractivity contribution in [3.8, 4) is 0 Å². The first-order valence-corrected chi connectivity index (χ1v) is 17.4. The van der Waals surface area contributed by atoms with Gasteiger partial charge in [0.05, 0.1) is 6.04 Å². The number of carbonyl (C=O) groups excluding carboxylic acids is 4. The van der Waals surface area contributed by atoms with Crippen molar-refractivity contribution in [2.24, 2.45) is 29.1 Å². The molecule has 14 heteroatoms. The molecular weight excluding hydrogens is 614 g/mol. The first-order chi connectivity index (χ1) is 21.5. The Hall–Kier alpha value is -3.49. The van der Waals surface area contributed by atoms with Crippen LogP contribution in [0.1, 0.15) is 69.4 Å². The van der Waals surface area contributed by atoms with Gasteiger partial charge in [-0.3, -0.25) is 23.7 Å². The molecule has 6 N–H and O–H groups in total. The van der Waals surface area contributed by atoms with E-state index in [2.05, 4.69) is 20.9 Å². The molecule has 1 unspecified atom stereocenters. The summed E-state index contributed by atoms with van der Waals surface area (Å²) < 4.78 is 33.6. The van der Waals surface area contributed by atoms with Gasteiger partial charge in [0.15, 0.2) is 0 Å². The number of carbonyl (C=O) groups is 4. The van der Waals surface area contributed by atoms with Gasteiger partial charge < -0.3 is 30.9 Å². The quantitative estimate of drug-likeness (QED) is 0.196. The van der Waals surface area contributed by atoms with Gasteiger partial charge in [-0.25, -0.2) is 0 Å². The van der Waals surface area contributed by atoms with Gasteiger partial charge >= 0.3 is 0 Å². The van der Waals surface area contributed by atoms with Crippen molar-refractivity contribution in [3.63, 3.8) is 0 Å². The lowest BCUT2D eigenvalue weighted by atomic mass is 9.91. The summed E-state index contributed by atoms with van der Waals surface area (Å²) in [7, 11) is -5.00. The van der Waals surface area contributed by atoms with Gasteiger partial charge in [-0.1, -0.05) is 39.8 Å². The number of aromatic amines is 1. The number of aryl methyl sites for hydroxylation is 1. The minimum Gasteiger partial charge on any atom is -0.374 e. The van der Waals surface area contributed by atoms with Crippen molar-refractivity contribution in [3.05, 3.63) is 35.5 Å². The smallest absolute Gasteiger partial charge is 0.294 e. The summed E-state index contributed by atoms with van der Waals surface area (Å²) in [6, 6.07) is 3.99. The summed E-state index contributed by atoms with van der Waals surface area (Å²) in [5.41, 5.74) is -0.551. The van der Waals surface area contributed by atoms with E-state index in [0.717, 1.165) is 16.5 Å². The van der Waals surface area contributed by atoms with E-state index < -0.39 is 57.3 Å². The number of aromatic nitrogens is 1. The van der Waals surface area contributed by atoms with Gasteiger partial charge in [-0.15, -0.1) is 0 Å². The standard InChI is InChI=1S/C32H45N5O8S/c1-16(2)12-23(35-28(39)22-14-19-17(3)8-6-10-21(19)34-22)30(41)37-15-20-25(32(20,4)5)26(37)29(40)36-24(31(42)46(43,44)45)13-18-9-7-11-33-27(18)38/h6,8,10,14,16,18,20,23-26,31,34,42H,7,9,11-13,15H2,1-5H3,(H,33,38)(H,35,39)(H,36,40)(H,43,44,45)/t18-,20-,23-,24-,25-,26-,31?/m0/s1. The molecule has 0 spiro atoms. The highest BCUT2D eigenvalue weighted by Gasteiger charge is 2.69. The summed E-state index contributed by atoms with van der Waals surface area (Å²) in [6.45, 7) is 10.5. The average Bonchev–Trinajstić information content (AvgIpc) is 3.35. The molecule has 2 aromatic rings. The van der Waals surface area contributed by atoms with Crippen molar-refractivity contribution in [2.75, 3.05) is 13.1 Å². The molecular formula is C32H45N5O8S. The van der Waals surface area contributed by atoms with Crippen LogP contribution in [-0.2, 0) is 24.5 Å². The number of piperidine rings is 2. The van der Waals surface area contributed by atoms with E-state index in [0.29, 0.717) is 31.5 Å². The van der Waals surface area contributed by atoms with Crippen LogP contribution in [0.2, 0.25) is 0 Å². The van der Waals surface area contributed by atoms with Gasteiger partial charge in [0.1, 0.15) is 17.8 Å². The number of aliphatic hydroxyl groups is 1. The highest BCUT2D eigenvalue weighted by molar-refractivity contribution is 7.86. The van der Waals surface area contributed by atoms with Crippen LogP contribution in [0.4, 0.5) is 0 Å². The van der Waals surface area contributed by atoms with E-state index in [-0.39, 0.29) is 42.0 Å². The van der Waals surface area contributed by atoms with Crippen LogP contribution in [0, 0.1) is 36.0 Å². The highest BCUT2D eigenvalue weighted by Crippen LogP contribution is 2.65. The van der Waals surface area contributed by atoms with E-state index in [1.165, 1.54) is 4.90 Å². The number of nitrogens with zero attached hydrogens (tertiary/aromatic N) is 1. The summed E-state index contributed by atoms with van der Waals surface area (Å²) >= 11 is 0. The van der Waals surface area contributed by atoms with Crippen LogP contribution in [0.25, 0.3) is 10.9 Å². The largest absolute Gasteiger partial charge is 0.374 e. The molecule has 2 aliphatic heterocycles. The molecule has 46 heavy (non-hydrogen) atoms. The van der Waals surface area contributed by atoms with E-state index in [1.807, 2.05) is 52.8 Å². The molecule has 1 saturated carbocycles. The maximum absolute atomic E-state index is 14.2. The Bertz CT molecular complexity index is 1640. The molecule has 4 amide bonds. The molecule has 13 nitrogen and oxygen atoms in total. The zero-order valence-corrected chi connectivity index (χ0v) is 27.7. The van der Waals surface area contributed by atoms with E-state index in [4.69, 9.17) is 0 Å². The Kier molecular flexibility index (Phi) is 9.28. The SMILES string of the molecule is Cc1cccc2[nH]c(C(=O)N[C@@H](CC(C)C)C(=O)N3C[C@H]4[C@@H]([C@H]3C(=O)N[C@@H](C[C@@H]3CCCNC3=O)C(O)S(=O)(=O)O)C4(C)C)cc12. The lowest BCUT2D eigenvalue weighted by Gasteiger charge is -2.35. The minimum absolute atomic E-state index is 0.00615. The van der Waals surface area contributed by atoms with Crippen molar-refractivity contribution in [1.29, 1.82) is 0 Å². The third kappa shape index (κ3) is 6.65. The van der Waals surface area contributed by atoms with Gasteiger partial charge in [0.25, 0.3) is 16.0 Å². The number of rotatable bonds is 11. The lowest BCUT2D eigenvalue weighted by molar-refractivity contribution is -0.142. The lowest BCUT2D eigenvalue weighted by Crippen LogP contribution is -2.59. The van der Waals surface area contributed by atoms with Crippen molar-refractivity contribution < 1.29 is 37.3 Å². The topological polar surface area (TPSA) is 198 Å². The molecule has 0 bridgehead atoms. The molecule has 5 rings (SSSR count). The number of nitrogens with one attached hydrogen (secondary N) is 4. The summed E-state index contributed by atoms with van der Waals surface area (Å²) in [4.78, 5) is 58.6. The Morgan fingerprint density at radius 3 is 2.52 bits per heavy atom. The average molecular weight is 660 g/mol. The number of hydrogen-bond acceptors (Lipinski definition) is 7. The molecule has 2 saturated heterocycles. The fraction of sp³-hybridized carbons (Fsp3) is 0.625. The Labute approximate surface area is 269 Å². The number of benzene rings is 1. The highest BCUT2D eigenvalue weighted by atomic mass is 32.2. The molecule has 3 heterocycles. The fourth-order valence-electron chi connectivity index (χ4n) is 7.46. The maximum Gasteiger partial charge on any atom is 0.294 e. The predicted octanol–water partition coefficient (Wildman–Crippen LogP) is 1.71. The maximum atomic E-state index is 14.2. The number of aliphatic hydroxyl groups excluding tert-OH is 1. The van der Waals surface area contributed by atoms with Crippen LogP contribution >= 0.6 is 0 Å². The molecule has 7 atom stereocenters. The Morgan fingerprint density at radius 1 is 1.17 bits per heavy atom. The molecule has 0 radical (unpaired) electrons. The third-order valence-electron chi connectivity index (χ3n) is 10.1. The molecule has 1 aromatic heterocycles. The van der Waals surface area contributed by atoms with E-state index in [9.17, 15) is 37.3 Å². The second-order valence-corrected chi connectivity index (χ2v) is 15.7. The van der Waals surface area contributed by atoms with E-state index >= 15 is 0 Å². The summed E-state index contributed by atoms with van der Waals surface area (Å²) in [5.74, 6) is -2.81. The Balaban J connectivity index is 1.38. The zero-order chi connectivity index (χ0) is 33.7. The van der Waals surface area contributed by atoms with Crippen LogP contribution in [0.5, 0.6) is 0 Å². The zero-order valence-electron chi connectivity index (χ0n) is 26.9. The van der Waals surface area contributed by atoms with Crippen molar-refractivity contribution in [2.45, 2.75) is 83.9 Å². The van der Waals surface area contributed by atoms with Crippen molar-refractivity contribution >= 4 is 44.6 Å². The number of amides is 4. The van der Waals surface area contributed by atoms with Crippen LogP contribution < -0.4 is 16.0 Å². The second-order valence-electron chi connectivity index (χ2n) is 14.2. The third-order valence-corrected chi connectivity index (χ3v) is 11.1. The molecule has 1 aromatic carbocycles. The molecule has 252 valence electrons. The summed E-state index contributed by atoms with van der Waals surface area (Å²) in [5, 5.41) is 19.6. The summed E-state index contributed by atoms with van der Waals surface area (Å²) in [6.07, 6.45) is 1.17. The first-order valence-electron chi connectivity index (χ1n) is 15.9. The van der Waals surface area contributed by atoms with Crippen LogP contribution in [-0.4, -0.2) is 88.2 Å². The van der Waals surface area contributed by atoms with Gasteiger partial charge in [0.2, 0.25) is 23.2 Å². The first kappa shape index (κ1) is 33.9. The van der Waals surface area contributed by atoms with E-state index in [1.54, 1.807) is 6.07 Å². The number of H-pyrrole nitrogens is 1. The molecule has 3 aliphatic rings. The normalized spacial score (nSPS) is 25.8. The van der Waals surface area contributed by atoms with Crippen LogP contribution in [0.3, 0.4) is 0 Å². The fourth-order valence-corrected chi connectivity index (χ4v) is 8.05. The second kappa shape index (κ2) is 12.6. The van der Waals surface area contributed by atoms with Gasteiger partial charge in [0, 0.05) is 29.9 Å². The van der Waals surface area contributed by atoms with Crippen molar-refractivity contribution in [1.82, 2.24) is 25.8 Å². The predicted molar refractivity (Wildman–Crippen MR) is 170 cm³/mol. The number of fused-ring (bicyclic) bond motifs is 2. The minimum atomic E-state index is -5.00.